The summed E-state index contributed by atoms with van der Waals surface area (Å²) >= 11 is 0. The molecule has 20 heavy (non-hydrogen) atoms. The zero-order chi connectivity index (χ0) is 14.2. The van der Waals surface area contributed by atoms with Crippen molar-refractivity contribution in [3.8, 4) is 5.75 Å². The highest BCUT2D eigenvalue weighted by Crippen LogP contribution is 2.37. The van der Waals surface area contributed by atoms with Crippen LogP contribution in [-0.4, -0.2) is 43.5 Å². The van der Waals surface area contributed by atoms with E-state index in [4.69, 9.17) is 4.74 Å². The summed E-state index contributed by atoms with van der Waals surface area (Å²) in [5.41, 5.74) is 0.588. The molecule has 5 heteroatoms. The molecule has 2 heterocycles. The number of hydrogen-bond acceptors (Lipinski definition) is 3. The number of hydrogen-bond donors (Lipinski definition) is 1. The maximum atomic E-state index is 12.5. The zero-order valence-corrected chi connectivity index (χ0v) is 11.5. The summed E-state index contributed by atoms with van der Waals surface area (Å²) in [5, 5.41) is 2.87. The fourth-order valence-electron chi connectivity index (χ4n) is 3.09. The summed E-state index contributed by atoms with van der Waals surface area (Å²) in [5.74, 6) is 0.795. The Morgan fingerprint density at radius 1 is 1.45 bits per heavy atom. The molecule has 0 bridgehead atoms. The second kappa shape index (κ2) is 4.81. The van der Waals surface area contributed by atoms with Gasteiger partial charge in [-0.25, -0.2) is 0 Å². The van der Waals surface area contributed by atoms with E-state index in [1.807, 2.05) is 17.0 Å². The van der Waals surface area contributed by atoms with E-state index in [9.17, 15) is 9.59 Å². The Hall–Kier alpha value is -2.04. The average molecular weight is 274 g/mol. The molecular formula is C15H18N2O3. The Morgan fingerprint density at radius 3 is 3.00 bits per heavy atom. The number of likely N-dealkylation sites (tertiary alicyclic amines) is 1. The van der Waals surface area contributed by atoms with Crippen LogP contribution in [-0.2, 0) is 4.79 Å². The number of nitrogens with zero attached hydrogens (tertiary/aromatic N) is 1. The van der Waals surface area contributed by atoms with Gasteiger partial charge in [0.2, 0.25) is 5.91 Å². The molecule has 2 aliphatic heterocycles. The third-order valence-corrected chi connectivity index (χ3v) is 4.24. The monoisotopic (exact) mass is 274 g/mol. The van der Waals surface area contributed by atoms with Gasteiger partial charge in [0, 0.05) is 37.0 Å². The van der Waals surface area contributed by atoms with Crippen LogP contribution in [0.15, 0.2) is 24.3 Å². The Balaban J connectivity index is 1.74. The van der Waals surface area contributed by atoms with Crippen LogP contribution < -0.4 is 10.1 Å². The van der Waals surface area contributed by atoms with Gasteiger partial charge in [-0.05, 0) is 24.6 Å². The fourth-order valence-corrected chi connectivity index (χ4v) is 3.09. The summed E-state index contributed by atoms with van der Waals surface area (Å²) in [6.07, 6.45) is 1.43. The van der Waals surface area contributed by atoms with E-state index in [1.165, 1.54) is 0 Å². The molecule has 1 unspecified atom stereocenters. The predicted octanol–water partition coefficient (Wildman–Crippen LogP) is 1.05. The molecule has 2 amide bonds. The molecule has 1 aromatic carbocycles. The van der Waals surface area contributed by atoms with Crippen molar-refractivity contribution in [3.05, 3.63) is 29.8 Å². The van der Waals surface area contributed by atoms with E-state index in [1.54, 1.807) is 19.2 Å². The fraction of sp³-hybridized carbons (Fsp3) is 0.467. The van der Waals surface area contributed by atoms with Crippen molar-refractivity contribution in [2.24, 2.45) is 5.41 Å². The minimum absolute atomic E-state index is 0.0140. The molecule has 0 saturated carbocycles. The van der Waals surface area contributed by atoms with Crippen LogP contribution in [0.25, 0.3) is 0 Å². The molecule has 1 atom stereocenters. The van der Waals surface area contributed by atoms with Gasteiger partial charge in [-0.15, -0.1) is 0 Å². The van der Waals surface area contributed by atoms with Crippen LogP contribution in [0.2, 0.25) is 0 Å². The summed E-state index contributed by atoms with van der Waals surface area (Å²) in [7, 11) is 1.59. The molecule has 5 nitrogen and oxygen atoms in total. The molecule has 2 aliphatic rings. The smallest absolute Gasteiger partial charge is 0.254 e. The number of rotatable bonds is 2. The lowest BCUT2D eigenvalue weighted by molar-refractivity contribution is -0.119. The predicted molar refractivity (Wildman–Crippen MR) is 73.6 cm³/mol. The third kappa shape index (κ3) is 2.24. The maximum absolute atomic E-state index is 12.5. The van der Waals surface area contributed by atoms with Gasteiger partial charge in [0.1, 0.15) is 5.75 Å². The molecule has 0 aromatic heterocycles. The highest BCUT2D eigenvalue weighted by Gasteiger charge is 2.45. The molecule has 2 fully saturated rings. The number of ether oxygens (including phenoxy) is 1. The van der Waals surface area contributed by atoms with Gasteiger partial charge >= 0.3 is 0 Å². The second-order valence-corrected chi connectivity index (χ2v) is 5.66. The Kier molecular flexibility index (Phi) is 3.12. The van der Waals surface area contributed by atoms with Crippen molar-refractivity contribution >= 4 is 11.8 Å². The second-order valence-electron chi connectivity index (χ2n) is 5.66. The SMILES string of the molecule is COc1cccc(C(=O)N2CCC3(CNC(=O)C3)C2)c1. The molecular weight excluding hydrogens is 256 g/mol. The summed E-state index contributed by atoms with van der Waals surface area (Å²) < 4.78 is 5.15. The molecule has 2 saturated heterocycles. The lowest BCUT2D eigenvalue weighted by Gasteiger charge is -2.22. The van der Waals surface area contributed by atoms with Gasteiger partial charge < -0.3 is 15.0 Å². The molecule has 106 valence electrons. The summed E-state index contributed by atoms with van der Waals surface area (Å²) in [4.78, 5) is 25.7. The van der Waals surface area contributed by atoms with E-state index >= 15 is 0 Å². The van der Waals surface area contributed by atoms with E-state index < -0.39 is 0 Å². The molecule has 1 aromatic rings. The number of carbonyl (C=O) groups excluding carboxylic acids is 2. The summed E-state index contributed by atoms with van der Waals surface area (Å²) in [6.45, 7) is 2.06. The highest BCUT2D eigenvalue weighted by molar-refractivity contribution is 5.95. The van der Waals surface area contributed by atoms with E-state index in [0.29, 0.717) is 37.4 Å². The van der Waals surface area contributed by atoms with E-state index in [-0.39, 0.29) is 17.2 Å². The van der Waals surface area contributed by atoms with E-state index in [2.05, 4.69) is 5.32 Å². The number of nitrogens with one attached hydrogen (secondary N) is 1. The first-order valence-electron chi connectivity index (χ1n) is 6.82. The van der Waals surface area contributed by atoms with Crippen molar-refractivity contribution in [1.29, 1.82) is 0 Å². The third-order valence-electron chi connectivity index (χ3n) is 4.24. The van der Waals surface area contributed by atoms with Crippen LogP contribution in [0.4, 0.5) is 0 Å². The van der Waals surface area contributed by atoms with Crippen LogP contribution in [0.1, 0.15) is 23.2 Å². The van der Waals surface area contributed by atoms with Gasteiger partial charge in [-0.3, -0.25) is 9.59 Å². The Bertz CT molecular complexity index is 558. The Labute approximate surface area is 117 Å². The van der Waals surface area contributed by atoms with Crippen molar-refractivity contribution in [2.75, 3.05) is 26.7 Å². The van der Waals surface area contributed by atoms with Crippen molar-refractivity contribution in [3.63, 3.8) is 0 Å². The van der Waals surface area contributed by atoms with Crippen LogP contribution in [0.3, 0.4) is 0 Å². The zero-order valence-electron chi connectivity index (χ0n) is 11.5. The lowest BCUT2D eigenvalue weighted by atomic mass is 9.86. The first-order chi connectivity index (χ1) is 9.62. The average Bonchev–Trinajstić information content (AvgIpc) is 3.05. The number of methoxy groups -OCH3 is 1. The normalized spacial score (nSPS) is 25.1. The van der Waals surface area contributed by atoms with Crippen molar-refractivity contribution in [1.82, 2.24) is 10.2 Å². The van der Waals surface area contributed by atoms with Gasteiger partial charge in [0.25, 0.3) is 5.91 Å². The van der Waals surface area contributed by atoms with E-state index in [0.717, 1.165) is 6.42 Å². The molecule has 0 aliphatic carbocycles. The maximum Gasteiger partial charge on any atom is 0.254 e. The largest absolute Gasteiger partial charge is 0.497 e. The minimum atomic E-state index is -0.0500. The number of benzene rings is 1. The molecule has 0 radical (unpaired) electrons. The number of carbonyl (C=O) groups is 2. The topological polar surface area (TPSA) is 58.6 Å². The Morgan fingerprint density at radius 2 is 2.30 bits per heavy atom. The van der Waals surface area contributed by atoms with Crippen molar-refractivity contribution < 1.29 is 14.3 Å². The highest BCUT2D eigenvalue weighted by atomic mass is 16.5. The molecule has 1 N–H and O–H groups in total. The quantitative estimate of drug-likeness (QED) is 0.877. The minimum Gasteiger partial charge on any atom is -0.497 e. The standard InChI is InChI=1S/C15H18N2O3/c1-20-12-4-2-3-11(7-12)14(19)17-6-5-15(10-17)8-13(18)16-9-15/h2-4,7H,5-6,8-10H2,1H3,(H,16,18). The van der Waals surface area contributed by atoms with Crippen LogP contribution in [0.5, 0.6) is 5.75 Å². The van der Waals surface area contributed by atoms with Crippen LogP contribution in [0, 0.1) is 5.41 Å². The molecule has 3 rings (SSSR count). The van der Waals surface area contributed by atoms with Gasteiger partial charge in [-0.1, -0.05) is 6.07 Å². The first kappa shape index (κ1) is 13.0. The van der Waals surface area contributed by atoms with Crippen molar-refractivity contribution in [2.45, 2.75) is 12.8 Å². The van der Waals surface area contributed by atoms with Gasteiger partial charge in [0.15, 0.2) is 0 Å². The molecule has 1 spiro atoms. The lowest BCUT2D eigenvalue weighted by Crippen LogP contribution is -2.33. The van der Waals surface area contributed by atoms with Gasteiger partial charge in [-0.2, -0.15) is 0 Å². The number of amides is 2. The first-order valence-corrected chi connectivity index (χ1v) is 6.82. The van der Waals surface area contributed by atoms with Gasteiger partial charge in [0.05, 0.1) is 7.11 Å². The summed E-state index contributed by atoms with van der Waals surface area (Å²) in [6, 6.07) is 7.19. The van der Waals surface area contributed by atoms with Crippen LogP contribution >= 0.6 is 0 Å².